The fraction of sp³-hybridized carbons (Fsp3) is 0.300. The van der Waals surface area contributed by atoms with Crippen LogP contribution in [0.2, 0.25) is 0 Å². The quantitative estimate of drug-likeness (QED) is 0.629. The van der Waals surface area contributed by atoms with Crippen molar-refractivity contribution in [3.05, 3.63) is 64.7 Å². The molecule has 2 aromatic rings. The van der Waals surface area contributed by atoms with Crippen molar-refractivity contribution in [2.75, 3.05) is 5.32 Å². The van der Waals surface area contributed by atoms with Crippen LogP contribution in [0, 0.1) is 0 Å². The monoisotopic (exact) mass is 432 g/mol. The van der Waals surface area contributed by atoms with Gasteiger partial charge in [0.25, 0.3) is 11.8 Å². The van der Waals surface area contributed by atoms with E-state index in [0.29, 0.717) is 12.1 Å². The molecular weight excluding hydrogens is 414 g/mol. The summed E-state index contributed by atoms with van der Waals surface area (Å²) >= 11 is 0. The zero-order chi connectivity index (χ0) is 22.9. The van der Waals surface area contributed by atoms with Crippen molar-refractivity contribution in [2.45, 2.75) is 38.7 Å². The van der Waals surface area contributed by atoms with Gasteiger partial charge in [0, 0.05) is 22.4 Å². The SMILES string of the molecule is CC(C)(C)NC(=O)c1ccc(NC(=O)c2cc(C(F)(F)F)cc(C(F)(F)F)c2)cc1. The van der Waals surface area contributed by atoms with Gasteiger partial charge in [-0.25, -0.2) is 0 Å². The van der Waals surface area contributed by atoms with Crippen molar-refractivity contribution in [1.29, 1.82) is 0 Å². The normalized spacial score (nSPS) is 12.4. The zero-order valence-corrected chi connectivity index (χ0v) is 16.1. The molecular formula is C20H18F6N2O2. The number of halogens is 6. The first-order valence-corrected chi connectivity index (χ1v) is 8.60. The highest BCUT2D eigenvalue weighted by molar-refractivity contribution is 6.05. The van der Waals surface area contributed by atoms with Gasteiger partial charge in [-0.05, 0) is 63.2 Å². The van der Waals surface area contributed by atoms with E-state index in [0.717, 1.165) is 0 Å². The second kappa shape index (κ2) is 8.00. The molecule has 0 aliphatic carbocycles. The predicted octanol–water partition coefficient (Wildman–Crippen LogP) is 5.50. The van der Waals surface area contributed by atoms with Crippen LogP contribution in [0.25, 0.3) is 0 Å². The van der Waals surface area contributed by atoms with E-state index in [2.05, 4.69) is 10.6 Å². The molecule has 162 valence electrons. The molecule has 0 radical (unpaired) electrons. The van der Waals surface area contributed by atoms with Crippen LogP contribution in [0.5, 0.6) is 0 Å². The Balaban J connectivity index is 2.26. The number of rotatable bonds is 3. The first-order valence-electron chi connectivity index (χ1n) is 8.60. The number of hydrogen-bond acceptors (Lipinski definition) is 2. The molecule has 4 nitrogen and oxygen atoms in total. The van der Waals surface area contributed by atoms with E-state index in [9.17, 15) is 35.9 Å². The Bertz CT molecular complexity index is 909. The van der Waals surface area contributed by atoms with Crippen molar-refractivity contribution >= 4 is 17.5 Å². The lowest BCUT2D eigenvalue weighted by Gasteiger charge is -2.20. The zero-order valence-electron chi connectivity index (χ0n) is 16.1. The Morgan fingerprint density at radius 1 is 0.700 bits per heavy atom. The molecule has 2 rings (SSSR count). The molecule has 30 heavy (non-hydrogen) atoms. The molecule has 0 heterocycles. The Morgan fingerprint density at radius 2 is 1.17 bits per heavy atom. The molecule has 0 aliphatic rings. The van der Waals surface area contributed by atoms with Crippen molar-refractivity contribution in [3.63, 3.8) is 0 Å². The summed E-state index contributed by atoms with van der Waals surface area (Å²) in [7, 11) is 0. The molecule has 0 unspecified atom stereocenters. The highest BCUT2D eigenvalue weighted by Crippen LogP contribution is 2.36. The van der Waals surface area contributed by atoms with E-state index in [1.165, 1.54) is 24.3 Å². The molecule has 0 bridgehead atoms. The molecule has 0 atom stereocenters. The Kier molecular flexibility index (Phi) is 6.20. The lowest BCUT2D eigenvalue weighted by Crippen LogP contribution is -2.40. The molecule has 0 saturated carbocycles. The molecule has 0 saturated heterocycles. The lowest BCUT2D eigenvalue weighted by atomic mass is 10.0. The van der Waals surface area contributed by atoms with Crippen molar-refractivity contribution < 1.29 is 35.9 Å². The predicted molar refractivity (Wildman–Crippen MR) is 98.1 cm³/mol. The maximum atomic E-state index is 12.9. The van der Waals surface area contributed by atoms with Crippen LogP contribution < -0.4 is 10.6 Å². The molecule has 2 aromatic carbocycles. The van der Waals surface area contributed by atoms with Crippen LogP contribution in [-0.4, -0.2) is 17.4 Å². The second-order valence-electron chi connectivity index (χ2n) is 7.53. The summed E-state index contributed by atoms with van der Waals surface area (Å²) in [6.07, 6.45) is -10.1. The van der Waals surface area contributed by atoms with Gasteiger partial charge in [-0.3, -0.25) is 9.59 Å². The van der Waals surface area contributed by atoms with Gasteiger partial charge < -0.3 is 10.6 Å². The average molecular weight is 432 g/mol. The molecule has 0 spiro atoms. The van der Waals surface area contributed by atoms with Gasteiger partial charge >= 0.3 is 12.4 Å². The van der Waals surface area contributed by atoms with Gasteiger partial charge in [0.05, 0.1) is 11.1 Å². The highest BCUT2D eigenvalue weighted by Gasteiger charge is 2.37. The minimum absolute atomic E-state index is 0.0561. The standard InChI is InChI=1S/C20H18F6N2O2/c1-18(2,3)28-17(30)11-4-6-15(7-5-11)27-16(29)12-8-13(19(21,22)23)10-14(9-12)20(24,25)26/h4-10H,1-3H3,(H,27,29)(H,28,30). The van der Waals surface area contributed by atoms with E-state index in [1.54, 1.807) is 20.8 Å². The maximum Gasteiger partial charge on any atom is 0.416 e. The first-order chi connectivity index (χ1) is 13.6. The number of carbonyl (C=O) groups excluding carboxylic acids is 2. The van der Waals surface area contributed by atoms with Gasteiger partial charge in [-0.2, -0.15) is 26.3 Å². The molecule has 0 fully saturated rings. The summed E-state index contributed by atoms with van der Waals surface area (Å²) in [5, 5.41) is 4.95. The number of anilines is 1. The van der Waals surface area contributed by atoms with Gasteiger partial charge in [0.15, 0.2) is 0 Å². The third-order valence-electron chi connectivity index (χ3n) is 3.74. The largest absolute Gasteiger partial charge is 0.416 e. The van der Waals surface area contributed by atoms with E-state index < -0.39 is 40.5 Å². The second-order valence-corrected chi connectivity index (χ2v) is 7.53. The van der Waals surface area contributed by atoms with E-state index in [1.807, 2.05) is 0 Å². The van der Waals surface area contributed by atoms with Crippen LogP contribution >= 0.6 is 0 Å². The number of amides is 2. The Morgan fingerprint density at radius 3 is 1.57 bits per heavy atom. The molecule has 10 heteroatoms. The van der Waals surface area contributed by atoms with Gasteiger partial charge in [-0.1, -0.05) is 0 Å². The Labute approximate surface area is 168 Å². The topological polar surface area (TPSA) is 58.2 Å². The summed E-state index contributed by atoms with van der Waals surface area (Å²) in [4.78, 5) is 24.3. The van der Waals surface area contributed by atoms with Crippen LogP contribution in [-0.2, 0) is 12.4 Å². The number of alkyl halides is 6. The van der Waals surface area contributed by atoms with Gasteiger partial charge in [-0.15, -0.1) is 0 Å². The smallest absolute Gasteiger partial charge is 0.347 e. The number of benzene rings is 2. The lowest BCUT2D eigenvalue weighted by molar-refractivity contribution is -0.143. The third-order valence-corrected chi connectivity index (χ3v) is 3.74. The van der Waals surface area contributed by atoms with E-state index >= 15 is 0 Å². The number of carbonyl (C=O) groups is 2. The van der Waals surface area contributed by atoms with Crippen molar-refractivity contribution in [3.8, 4) is 0 Å². The Hall–Kier alpha value is -3.04. The first kappa shape index (κ1) is 23.2. The van der Waals surface area contributed by atoms with Crippen molar-refractivity contribution in [2.24, 2.45) is 0 Å². The van der Waals surface area contributed by atoms with E-state index in [4.69, 9.17) is 0 Å². The molecule has 2 amide bonds. The summed E-state index contributed by atoms with van der Waals surface area (Å²) in [5.74, 6) is -1.54. The minimum Gasteiger partial charge on any atom is -0.347 e. The summed E-state index contributed by atoms with van der Waals surface area (Å²) in [5.41, 5.74) is -4.09. The van der Waals surface area contributed by atoms with Gasteiger partial charge in [0.2, 0.25) is 0 Å². The van der Waals surface area contributed by atoms with E-state index in [-0.39, 0.29) is 23.2 Å². The third kappa shape index (κ3) is 6.23. The van der Waals surface area contributed by atoms with Crippen LogP contribution in [0.3, 0.4) is 0 Å². The minimum atomic E-state index is -5.06. The maximum absolute atomic E-state index is 12.9. The number of hydrogen-bond donors (Lipinski definition) is 2. The fourth-order valence-electron chi connectivity index (χ4n) is 2.41. The van der Waals surface area contributed by atoms with Crippen LogP contribution in [0.1, 0.15) is 52.6 Å². The number of nitrogens with one attached hydrogen (secondary N) is 2. The molecule has 0 aromatic heterocycles. The highest BCUT2D eigenvalue weighted by atomic mass is 19.4. The van der Waals surface area contributed by atoms with Crippen LogP contribution in [0.15, 0.2) is 42.5 Å². The fourth-order valence-corrected chi connectivity index (χ4v) is 2.41. The molecule has 0 aliphatic heterocycles. The van der Waals surface area contributed by atoms with Crippen molar-refractivity contribution in [1.82, 2.24) is 5.32 Å². The summed E-state index contributed by atoms with van der Waals surface area (Å²) < 4.78 is 77.6. The molecule has 2 N–H and O–H groups in total. The summed E-state index contributed by atoms with van der Waals surface area (Å²) in [6, 6.07) is 5.99. The summed E-state index contributed by atoms with van der Waals surface area (Å²) in [6.45, 7) is 5.34. The average Bonchev–Trinajstić information content (AvgIpc) is 2.59. The van der Waals surface area contributed by atoms with Crippen LogP contribution in [0.4, 0.5) is 32.0 Å². The van der Waals surface area contributed by atoms with Gasteiger partial charge in [0.1, 0.15) is 0 Å².